The Balaban J connectivity index is 2.03. The first-order valence-corrected chi connectivity index (χ1v) is 7.49. The second-order valence-corrected chi connectivity index (χ2v) is 5.29. The lowest BCUT2D eigenvalue weighted by molar-refractivity contribution is 0.292. The summed E-state index contributed by atoms with van der Waals surface area (Å²) < 4.78 is 5.78. The third kappa shape index (κ3) is 4.32. The van der Waals surface area contributed by atoms with Crippen LogP contribution in [0.4, 0.5) is 5.69 Å². The molecule has 0 bridgehead atoms. The molecule has 0 spiro atoms. The quantitative estimate of drug-likeness (QED) is 0.599. The fourth-order valence-electron chi connectivity index (χ4n) is 1.91. The fraction of sp³-hybridized carbons (Fsp3) is 0.333. The maximum absolute atomic E-state index is 5.78. The van der Waals surface area contributed by atoms with Crippen molar-refractivity contribution >= 4 is 12.0 Å². The van der Waals surface area contributed by atoms with Crippen LogP contribution in [0.3, 0.4) is 0 Å². The van der Waals surface area contributed by atoms with Crippen molar-refractivity contribution in [2.45, 2.75) is 27.4 Å². The maximum atomic E-state index is 5.78. The number of aryl methyl sites for hydroxylation is 2. The van der Waals surface area contributed by atoms with Crippen LogP contribution < -0.4 is 4.74 Å². The average Bonchev–Trinajstić information content (AvgIpc) is 2.53. The molecular formula is C18H23N3O. The Kier molecular flexibility index (Phi) is 5.53. The monoisotopic (exact) mass is 297 g/mol. The van der Waals surface area contributed by atoms with Crippen molar-refractivity contribution in [1.29, 1.82) is 0 Å². The molecule has 0 atom stereocenters. The van der Waals surface area contributed by atoms with Gasteiger partial charge in [-0.3, -0.25) is 0 Å². The van der Waals surface area contributed by atoms with E-state index in [-0.39, 0.29) is 0 Å². The molecular weight excluding hydrogens is 274 g/mol. The van der Waals surface area contributed by atoms with Gasteiger partial charge >= 0.3 is 0 Å². The van der Waals surface area contributed by atoms with Crippen molar-refractivity contribution in [2.24, 2.45) is 4.99 Å². The smallest absolute Gasteiger partial charge is 0.213 e. The summed E-state index contributed by atoms with van der Waals surface area (Å²) >= 11 is 0. The van der Waals surface area contributed by atoms with Crippen LogP contribution in [-0.4, -0.2) is 29.8 Å². The molecule has 0 aliphatic rings. The number of hydrogen-bond donors (Lipinski definition) is 0. The summed E-state index contributed by atoms with van der Waals surface area (Å²) in [5, 5.41) is 0. The molecule has 2 aromatic rings. The SMILES string of the molecule is CCN(C)/C=N/c1ccc(OCc2ccccc2C)nc1C. The molecule has 0 radical (unpaired) electrons. The average molecular weight is 297 g/mol. The molecule has 0 unspecified atom stereocenters. The highest BCUT2D eigenvalue weighted by atomic mass is 16.5. The van der Waals surface area contributed by atoms with Crippen LogP contribution in [-0.2, 0) is 6.61 Å². The van der Waals surface area contributed by atoms with Crippen LogP contribution in [0.5, 0.6) is 5.88 Å². The highest BCUT2D eigenvalue weighted by Gasteiger charge is 2.03. The van der Waals surface area contributed by atoms with E-state index in [9.17, 15) is 0 Å². The lowest BCUT2D eigenvalue weighted by atomic mass is 10.1. The van der Waals surface area contributed by atoms with Gasteiger partial charge in [-0.05, 0) is 38.0 Å². The van der Waals surface area contributed by atoms with E-state index >= 15 is 0 Å². The van der Waals surface area contributed by atoms with Gasteiger partial charge in [0.05, 0.1) is 17.7 Å². The predicted octanol–water partition coefficient (Wildman–Crippen LogP) is 3.89. The van der Waals surface area contributed by atoms with Gasteiger partial charge in [0.15, 0.2) is 0 Å². The van der Waals surface area contributed by atoms with E-state index in [0.29, 0.717) is 12.5 Å². The van der Waals surface area contributed by atoms with Crippen molar-refractivity contribution in [2.75, 3.05) is 13.6 Å². The number of benzene rings is 1. The van der Waals surface area contributed by atoms with E-state index in [1.807, 2.05) is 49.5 Å². The standard InChI is InChI=1S/C18H23N3O/c1-5-21(4)13-19-17-10-11-18(20-15(17)3)22-12-16-9-7-6-8-14(16)2/h6-11,13H,5,12H2,1-4H3/b19-13+. The molecule has 2 rings (SSSR count). The first-order valence-electron chi connectivity index (χ1n) is 7.49. The first kappa shape index (κ1) is 16.0. The van der Waals surface area contributed by atoms with Crippen LogP contribution in [0.1, 0.15) is 23.7 Å². The molecule has 0 saturated heterocycles. The highest BCUT2D eigenvalue weighted by Crippen LogP contribution is 2.20. The molecule has 0 aliphatic carbocycles. The molecule has 1 heterocycles. The number of hydrogen-bond acceptors (Lipinski definition) is 3. The van der Waals surface area contributed by atoms with Gasteiger partial charge in [0.2, 0.25) is 5.88 Å². The molecule has 0 fully saturated rings. The summed E-state index contributed by atoms with van der Waals surface area (Å²) in [6, 6.07) is 12.0. The molecule has 4 heteroatoms. The molecule has 22 heavy (non-hydrogen) atoms. The second-order valence-electron chi connectivity index (χ2n) is 5.29. The number of nitrogens with zero attached hydrogens (tertiary/aromatic N) is 3. The van der Waals surface area contributed by atoms with Gasteiger partial charge in [-0.1, -0.05) is 24.3 Å². The molecule has 1 aromatic carbocycles. The minimum absolute atomic E-state index is 0.528. The summed E-state index contributed by atoms with van der Waals surface area (Å²) in [6.45, 7) is 7.56. The normalized spacial score (nSPS) is 10.9. The van der Waals surface area contributed by atoms with E-state index in [1.165, 1.54) is 11.1 Å². The number of aliphatic imine (C=N–C) groups is 1. The van der Waals surface area contributed by atoms with Crippen LogP contribution in [0, 0.1) is 13.8 Å². The Labute approximate surface area is 132 Å². The van der Waals surface area contributed by atoms with Gasteiger partial charge in [-0.25, -0.2) is 9.98 Å². The maximum Gasteiger partial charge on any atom is 0.213 e. The Morgan fingerprint density at radius 3 is 2.64 bits per heavy atom. The van der Waals surface area contributed by atoms with E-state index in [0.717, 1.165) is 17.9 Å². The Morgan fingerprint density at radius 2 is 1.95 bits per heavy atom. The van der Waals surface area contributed by atoms with Crippen molar-refractivity contribution in [3.05, 3.63) is 53.2 Å². The number of ether oxygens (including phenoxy) is 1. The Hall–Kier alpha value is -2.36. The third-order valence-corrected chi connectivity index (χ3v) is 3.56. The third-order valence-electron chi connectivity index (χ3n) is 3.56. The van der Waals surface area contributed by atoms with Crippen LogP contribution in [0.2, 0.25) is 0 Å². The van der Waals surface area contributed by atoms with Crippen LogP contribution in [0.15, 0.2) is 41.4 Å². The minimum atomic E-state index is 0.528. The molecule has 0 N–H and O–H groups in total. The van der Waals surface area contributed by atoms with Crippen molar-refractivity contribution in [3.8, 4) is 5.88 Å². The van der Waals surface area contributed by atoms with Crippen LogP contribution in [0.25, 0.3) is 0 Å². The van der Waals surface area contributed by atoms with Crippen LogP contribution >= 0.6 is 0 Å². The molecule has 0 amide bonds. The second kappa shape index (κ2) is 7.59. The van der Waals surface area contributed by atoms with Gasteiger partial charge in [0.1, 0.15) is 6.61 Å². The molecule has 4 nitrogen and oxygen atoms in total. The van der Waals surface area contributed by atoms with E-state index < -0.39 is 0 Å². The van der Waals surface area contributed by atoms with Crippen molar-refractivity contribution in [3.63, 3.8) is 0 Å². The zero-order chi connectivity index (χ0) is 15.9. The van der Waals surface area contributed by atoms with Gasteiger partial charge in [0.25, 0.3) is 0 Å². The number of rotatable bonds is 6. The van der Waals surface area contributed by atoms with E-state index in [2.05, 4.69) is 36.0 Å². The number of pyridine rings is 1. The molecule has 0 saturated carbocycles. The topological polar surface area (TPSA) is 37.7 Å². The highest BCUT2D eigenvalue weighted by molar-refractivity contribution is 5.62. The Morgan fingerprint density at radius 1 is 1.18 bits per heavy atom. The zero-order valence-corrected chi connectivity index (χ0v) is 13.7. The van der Waals surface area contributed by atoms with Crippen molar-refractivity contribution < 1.29 is 4.74 Å². The van der Waals surface area contributed by atoms with E-state index in [4.69, 9.17) is 4.74 Å². The van der Waals surface area contributed by atoms with Crippen molar-refractivity contribution in [1.82, 2.24) is 9.88 Å². The Bertz CT molecular complexity index is 653. The lowest BCUT2D eigenvalue weighted by Crippen LogP contribution is -2.14. The molecule has 0 aliphatic heterocycles. The zero-order valence-electron chi connectivity index (χ0n) is 13.7. The molecule has 1 aromatic heterocycles. The predicted molar refractivity (Wildman–Crippen MR) is 90.9 cm³/mol. The van der Waals surface area contributed by atoms with Gasteiger partial charge in [-0.15, -0.1) is 0 Å². The van der Waals surface area contributed by atoms with E-state index in [1.54, 1.807) is 0 Å². The summed E-state index contributed by atoms with van der Waals surface area (Å²) in [7, 11) is 1.99. The summed E-state index contributed by atoms with van der Waals surface area (Å²) in [5.41, 5.74) is 4.13. The summed E-state index contributed by atoms with van der Waals surface area (Å²) in [5.74, 6) is 0.628. The molecule has 116 valence electrons. The van der Waals surface area contributed by atoms with Gasteiger partial charge in [-0.2, -0.15) is 0 Å². The summed E-state index contributed by atoms with van der Waals surface area (Å²) in [4.78, 5) is 10.9. The number of aromatic nitrogens is 1. The minimum Gasteiger partial charge on any atom is -0.473 e. The first-order chi connectivity index (χ1) is 10.6. The van der Waals surface area contributed by atoms with Gasteiger partial charge in [0, 0.05) is 19.7 Å². The van der Waals surface area contributed by atoms with Gasteiger partial charge < -0.3 is 9.64 Å². The summed E-state index contributed by atoms with van der Waals surface area (Å²) in [6.07, 6.45) is 1.82. The lowest BCUT2D eigenvalue weighted by Gasteiger charge is -2.10. The fourth-order valence-corrected chi connectivity index (χ4v) is 1.91. The largest absolute Gasteiger partial charge is 0.473 e.